The molecule has 144 valence electrons. The van der Waals surface area contributed by atoms with Crippen LogP contribution in [0.2, 0.25) is 5.02 Å². The number of aromatic nitrogens is 2. The number of fused-ring (bicyclic) bond motifs is 1. The standard InChI is InChI=1S/C23H23ClN2O2/c1-4-6-7-8-17-9-10-19(20(24)13-17)15-26-16(3)25-21-12-11-18(14-22(21)26)23(27)28-5-2/h9-14H,4-6,15H2,1-3H3. The Kier molecular flexibility index (Phi) is 6.38. The molecule has 1 heterocycles. The third kappa shape index (κ3) is 4.37. The lowest BCUT2D eigenvalue weighted by atomic mass is 10.1. The van der Waals surface area contributed by atoms with Gasteiger partial charge in [-0.15, -0.1) is 0 Å². The lowest BCUT2D eigenvalue weighted by molar-refractivity contribution is 0.0526. The van der Waals surface area contributed by atoms with E-state index in [4.69, 9.17) is 16.3 Å². The summed E-state index contributed by atoms with van der Waals surface area (Å²) in [6, 6.07) is 11.3. The molecule has 0 N–H and O–H groups in total. The summed E-state index contributed by atoms with van der Waals surface area (Å²) in [7, 11) is 0. The number of carbonyl (C=O) groups excluding carboxylic acids is 1. The number of hydrogen-bond donors (Lipinski definition) is 0. The van der Waals surface area contributed by atoms with Gasteiger partial charge >= 0.3 is 5.97 Å². The number of rotatable bonds is 5. The van der Waals surface area contributed by atoms with Crippen molar-refractivity contribution in [2.75, 3.05) is 6.61 Å². The largest absolute Gasteiger partial charge is 0.462 e. The van der Waals surface area contributed by atoms with E-state index in [0.29, 0.717) is 23.7 Å². The normalized spacial score (nSPS) is 10.6. The summed E-state index contributed by atoms with van der Waals surface area (Å²) in [4.78, 5) is 16.7. The molecule has 0 aliphatic rings. The summed E-state index contributed by atoms with van der Waals surface area (Å²) < 4.78 is 7.17. The van der Waals surface area contributed by atoms with Crippen molar-refractivity contribution in [2.45, 2.75) is 40.2 Å². The van der Waals surface area contributed by atoms with Crippen LogP contribution in [0.15, 0.2) is 36.4 Å². The third-order valence-electron chi connectivity index (χ3n) is 4.44. The van der Waals surface area contributed by atoms with Crippen molar-refractivity contribution in [2.24, 2.45) is 0 Å². The molecule has 0 aliphatic carbocycles. The van der Waals surface area contributed by atoms with E-state index in [1.807, 2.05) is 37.3 Å². The van der Waals surface area contributed by atoms with Crippen molar-refractivity contribution >= 4 is 28.6 Å². The molecule has 0 saturated carbocycles. The molecule has 5 heteroatoms. The zero-order chi connectivity index (χ0) is 20.1. The molecule has 1 aromatic heterocycles. The molecule has 0 fully saturated rings. The van der Waals surface area contributed by atoms with Gasteiger partial charge in [0.05, 0.1) is 29.7 Å². The molecular formula is C23H23ClN2O2. The molecule has 2 aromatic carbocycles. The average Bonchev–Trinajstić information content (AvgIpc) is 2.98. The zero-order valence-electron chi connectivity index (χ0n) is 16.4. The fourth-order valence-corrected chi connectivity index (χ4v) is 3.24. The fraction of sp³-hybridized carbons (Fsp3) is 0.304. The Bertz CT molecular complexity index is 1070. The van der Waals surface area contributed by atoms with Gasteiger partial charge in [0, 0.05) is 17.0 Å². The Hall–Kier alpha value is -2.77. The van der Waals surface area contributed by atoms with E-state index in [9.17, 15) is 4.79 Å². The Morgan fingerprint density at radius 2 is 2.04 bits per heavy atom. The second kappa shape index (κ2) is 8.95. The van der Waals surface area contributed by atoms with Gasteiger partial charge in [-0.25, -0.2) is 9.78 Å². The van der Waals surface area contributed by atoms with Crippen molar-refractivity contribution in [3.63, 3.8) is 0 Å². The number of nitrogens with zero attached hydrogens (tertiary/aromatic N) is 2. The summed E-state index contributed by atoms with van der Waals surface area (Å²) in [6.07, 6.45) is 1.92. The second-order valence-corrected chi connectivity index (χ2v) is 6.93. The SMILES string of the molecule is CCCC#Cc1ccc(Cn2c(C)nc3ccc(C(=O)OCC)cc32)c(Cl)c1. The molecule has 0 saturated heterocycles. The molecule has 0 aliphatic heterocycles. The molecule has 0 amide bonds. The van der Waals surface area contributed by atoms with Gasteiger partial charge in [0.2, 0.25) is 0 Å². The highest BCUT2D eigenvalue weighted by atomic mass is 35.5. The van der Waals surface area contributed by atoms with Gasteiger partial charge in [-0.1, -0.05) is 36.4 Å². The number of aryl methyl sites for hydroxylation is 1. The van der Waals surface area contributed by atoms with Gasteiger partial charge in [-0.2, -0.15) is 0 Å². The van der Waals surface area contributed by atoms with Gasteiger partial charge in [0.15, 0.2) is 0 Å². The third-order valence-corrected chi connectivity index (χ3v) is 4.79. The van der Waals surface area contributed by atoms with E-state index in [0.717, 1.165) is 40.8 Å². The van der Waals surface area contributed by atoms with Crippen LogP contribution in [0.25, 0.3) is 11.0 Å². The quantitative estimate of drug-likeness (QED) is 0.431. The molecule has 3 rings (SSSR count). The first-order valence-corrected chi connectivity index (χ1v) is 9.82. The molecule has 3 aromatic rings. The van der Waals surface area contributed by atoms with Crippen LogP contribution < -0.4 is 0 Å². The second-order valence-electron chi connectivity index (χ2n) is 6.53. The summed E-state index contributed by atoms with van der Waals surface area (Å²) in [6.45, 7) is 6.76. The van der Waals surface area contributed by atoms with Crippen molar-refractivity contribution in [1.29, 1.82) is 0 Å². The number of esters is 1. The summed E-state index contributed by atoms with van der Waals surface area (Å²) in [5, 5.41) is 0.672. The first kappa shape index (κ1) is 20.0. The fourth-order valence-electron chi connectivity index (χ4n) is 3.00. The molecule has 4 nitrogen and oxygen atoms in total. The van der Waals surface area contributed by atoms with Gasteiger partial charge < -0.3 is 9.30 Å². The van der Waals surface area contributed by atoms with E-state index in [2.05, 4.69) is 28.3 Å². The van der Waals surface area contributed by atoms with Crippen LogP contribution in [-0.2, 0) is 11.3 Å². The van der Waals surface area contributed by atoms with Crippen molar-refractivity contribution < 1.29 is 9.53 Å². The number of unbranched alkanes of at least 4 members (excludes halogenated alkanes) is 1. The molecule has 0 unspecified atom stereocenters. The smallest absolute Gasteiger partial charge is 0.338 e. The predicted octanol–water partition coefficient (Wildman–Crippen LogP) is 5.37. The van der Waals surface area contributed by atoms with Crippen LogP contribution in [0.1, 0.15) is 54.0 Å². The number of benzene rings is 2. The van der Waals surface area contributed by atoms with Crippen LogP contribution in [0.4, 0.5) is 0 Å². The van der Waals surface area contributed by atoms with Gasteiger partial charge in [0.25, 0.3) is 0 Å². The molecule has 0 radical (unpaired) electrons. The van der Waals surface area contributed by atoms with Crippen LogP contribution in [0.3, 0.4) is 0 Å². The van der Waals surface area contributed by atoms with E-state index < -0.39 is 0 Å². The Balaban J connectivity index is 1.93. The first-order valence-electron chi connectivity index (χ1n) is 9.44. The molecular weight excluding hydrogens is 372 g/mol. The zero-order valence-corrected chi connectivity index (χ0v) is 17.1. The van der Waals surface area contributed by atoms with Crippen molar-refractivity contribution in [1.82, 2.24) is 9.55 Å². The first-order chi connectivity index (χ1) is 13.5. The maximum absolute atomic E-state index is 12.1. The molecule has 0 spiro atoms. The number of halogens is 1. The molecule has 0 atom stereocenters. The minimum atomic E-state index is -0.331. The summed E-state index contributed by atoms with van der Waals surface area (Å²) in [5.41, 5.74) is 4.13. The Labute approximate surface area is 170 Å². The summed E-state index contributed by atoms with van der Waals surface area (Å²) in [5.74, 6) is 6.81. The van der Waals surface area contributed by atoms with E-state index >= 15 is 0 Å². The predicted molar refractivity (Wildman–Crippen MR) is 113 cm³/mol. The number of imidazole rings is 1. The number of hydrogen-bond acceptors (Lipinski definition) is 3. The van der Waals surface area contributed by atoms with E-state index in [1.54, 1.807) is 13.0 Å². The van der Waals surface area contributed by atoms with Crippen LogP contribution in [-0.4, -0.2) is 22.1 Å². The van der Waals surface area contributed by atoms with Crippen molar-refractivity contribution in [3.05, 3.63) is 63.9 Å². The van der Waals surface area contributed by atoms with E-state index in [1.165, 1.54) is 0 Å². The number of carbonyl (C=O) groups is 1. The Morgan fingerprint density at radius 1 is 1.21 bits per heavy atom. The maximum Gasteiger partial charge on any atom is 0.338 e. The highest BCUT2D eigenvalue weighted by molar-refractivity contribution is 6.31. The molecule has 28 heavy (non-hydrogen) atoms. The highest BCUT2D eigenvalue weighted by Crippen LogP contribution is 2.24. The maximum atomic E-state index is 12.1. The lowest BCUT2D eigenvalue weighted by Crippen LogP contribution is -2.06. The van der Waals surface area contributed by atoms with Gasteiger partial charge in [0.1, 0.15) is 5.82 Å². The Morgan fingerprint density at radius 3 is 2.75 bits per heavy atom. The van der Waals surface area contributed by atoms with Gasteiger partial charge in [-0.05, 0) is 56.2 Å². The van der Waals surface area contributed by atoms with Crippen LogP contribution in [0.5, 0.6) is 0 Å². The van der Waals surface area contributed by atoms with Crippen molar-refractivity contribution in [3.8, 4) is 11.8 Å². The minimum absolute atomic E-state index is 0.331. The molecule has 0 bridgehead atoms. The van der Waals surface area contributed by atoms with Crippen LogP contribution in [0, 0.1) is 18.8 Å². The monoisotopic (exact) mass is 394 g/mol. The topological polar surface area (TPSA) is 44.1 Å². The van der Waals surface area contributed by atoms with Gasteiger partial charge in [-0.3, -0.25) is 0 Å². The summed E-state index contributed by atoms with van der Waals surface area (Å²) >= 11 is 6.51. The van der Waals surface area contributed by atoms with Crippen LogP contribution >= 0.6 is 11.6 Å². The lowest BCUT2D eigenvalue weighted by Gasteiger charge is -2.10. The highest BCUT2D eigenvalue weighted by Gasteiger charge is 2.13. The number of ether oxygens (including phenoxy) is 1. The minimum Gasteiger partial charge on any atom is -0.462 e. The average molecular weight is 395 g/mol. The van der Waals surface area contributed by atoms with E-state index in [-0.39, 0.29) is 5.97 Å².